The molecule has 3 nitrogen and oxygen atoms in total. The molecule has 1 aromatic rings. The van der Waals surface area contributed by atoms with E-state index in [2.05, 4.69) is 16.6 Å². The molecule has 0 saturated heterocycles. The largest absolute Gasteiger partial charge is 0.383 e. The van der Waals surface area contributed by atoms with Crippen LogP contribution in [0.15, 0.2) is 0 Å². The fourth-order valence-electron chi connectivity index (χ4n) is 3.06. The molecule has 0 spiro atoms. The van der Waals surface area contributed by atoms with E-state index < -0.39 is 0 Å². The van der Waals surface area contributed by atoms with Gasteiger partial charge in [0.1, 0.15) is 10.8 Å². The van der Waals surface area contributed by atoms with Crippen molar-refractivity contribution >= 4 is 22.4 Å². The first-order valence-corrected chi connectivity index (χ1v) is 8.04. The van der Waals surface area contributed by atoms with Crippen molar-refractivity contribution in [3.63, 3.8) is 0 Å². The minimum Gasteiger partial charge on any atom is -0.383 e. The predicted octanol–water partition coefficient (Wildman–Crippen LogP) is 3.98. The molecule has 3 N–H and O–H groups in total. The van der Waals surface area contributed by atoms with Gasteiger partial charge in [-0.05, 0) is 49.1 Å². The zero-order valence-electron chi connectivity index (χ0n) is 11.1. The number of rotatable bonds is 3. The van der Waals surface area contributed by atoms with Gasteiger partial charge in [0.05, 0.1) is 0 Å². The highest BCUT2D eigenvalue weighted by atomic mass is 32.1. The molecule has 100 valence electrons. The Balaban J connectivity index is 1.74. The molecular weight excluding hydrogens is 242 g/mol. The third-order valence-electron chi connectivity index (χ3n) is 4.42. The van der Waals surface area contributed by atoms with Crippen molar-refractivity contribution in [3.8, 4) is 0 Å². The standard InChI is InChI=1S/C14H23N3S/c1-9-5-3-2-4-6-11(9)16-14-12(10-7-8-10)13(15)17-18-14/h9-11,16H,2-8H2,1H3,(H2,15,17). The van der Waals surface area contributed by atoms with Crippen LogP contribution in [0.1, 0.15) is 63.4 Å². The minimum atomic E-state index is 0.616. The van der Waals surface area contributed by atoms with Crippen molar-refractivity contribution in [3.05, 3.63) is 5.56 Å². The van der Waals surface area contributed by atoms with E-state index in [0.717, 1.165) is 11.7 Å². The molecule has 18 heavy (non-hydrogen) atoms. The molecule has 2 aliphatic rings. The van der Waals surface area contributed by atoms with Crippen LogP contribution in [-0.2, 0) is 0 Å². The van der Waals surface area contributed by atoms with E-state index in [4.69, 9.17) is 5.73 Å². The van der Waals surface area contributed by atoms with Gasteiger partial charge in [-0.15, -0.1) is 0 Å². The summed E-state index contributed by atoms with van der Waals surface area (Å²) in [5.41, 5.74) is 7.33. The Morgan fingerprint density at radius 1 is 1.17 bits per heavy atom. The van der Waals surface area contributed by atoms with Crippen LogP contribution in [0.4, 0.5) is 10.8 Å². The molecule has 1 heterocycles. The van der Waals surface area contributed by atoms with Crippen molar-refractivity contribution in [1.29, 1.82) is 0 Å². The molecule has 0 radical (unpaired) electrons. The Kier molecular flexibility index (Phi) is 3.46. The first-order chi connectivity index (χ1) is 8.75. The zero-order chi connectivity index (χ0) is 12.5. The molecule has 2 aliphatic carbocycles. The lowest BCUT2D eigenvalue weighted by Gasteiger charge is -2.23. The summed E-state index contributed by atoms with van der Waals surface area (Å²) in [6, 6.07) is 0.616. The molecule has 3 rings (SSSR count). The normalized spacial score (nSPS) is 28.9. The maximum atomic E-state index is 6.01. The zero-order valence-corrected chi connectivity index (χ0v) is 11.9. The van der Waals surface area contributed by atoms with Crippen molar-refractivity contribution in [2.45, 2.75) is 63.8 Å². The predicted molar refractivity (Wildman–Crippen MR) is 78.2 cm³/mol. The molecule has 2 atom stereocenters. The van der Waals surface area contributed by atoms with E-state index in [1.165, 1.54) is 55.5 Å². The molecular formula is C14H23N3S. The summed E-state index contributed by atoms with van der Waals surface area (Å²) < 4.78 is 4.35. The van der Waals surface area contributed by atoms with E-state index in [1.807, 2.05) is 0 Å². The number of nitrogens with zero attached hydrogens (tertiary/aromatic N) is 1. The number of hydrogen-bond acceptors (Lipinski definition) is 4. The Labute approximate surface area is 113 Å². The summed E-state index contributed by atoms with van der Waals surface area (Å²) in [7, 11) is 0. The van der Waals surface area contributed by atoms with Crippen LogP contribution in [0.25, 0.3) is 0 Å². The SMILES string of the molecule is CC1CCCCCC1Nc1snc(N)c1C1CC1. The topological polar surface area (TPSA) is 50.9 Å². The monoisotopic (exact) mass is 265 g/mol. The Morgan fingerprint density at radius 2 is 1.94 bits per heavy atom. The number of aromatic nitrogens is 1. The average molecular weight is 265 g/mol. The molecule has 4 heteroatoms. The lowest BCUT2D eigenvalue weighted by molar-refractivity contribution is 0.457. The first-order valence-electron chi connectivity index (χ1n) is 7.27. The van der Waals surface area contributed by atoms with E-state index in [9.17, 15) is 0 Å². The third kappa shape index (κ3) is 2.48. The number of anilines is 2. The van der Waals surface area contributed by atoms with E-state index in [-0.39, 0.29) is 0 Å². The van der Waals surface area contributed by atoms with Crippen LogP contribution in [0.5, 0.6) is 0 Å². The van der Waals surface area contributed by atoms with Gasteiger partial charge in [-0.1, -0.05) is 26.2 Å². The van der Waals surface area contributed by atoms with E-state index in [1.54, 1.807) is 11.5 Å². The molecule has 2 unspecified atom stereocenters. The van der Waals surface area contributed by atoms with Crippen LogP contribution >= 0.6 is 11.5 Å². The molecule has 1 aromatic heterocycles. The summed E-state index contributed by atoms with van der Waals surface area (Å²) >= 11 is 1.56. The molecule has 0 amide bonds. The van der Waals surface area contributed by atoms with Crippen molar-refractivity contribution < 1.29 is 0 Å². The van der Waals surface area contributed by atoms with E-state index >= 15 is 0 Å². The number of nitrogens with two attached hydrogens (primary N) is 1. The fourth-order valence-corrected chi connectivity index (χ4v) is 3.92. The summed E-state index contributed by atoms with van der Waals surface area (Å²) in [5.74, 6) is 2.22. The van der Waals surface area contributed by atoms with Crippen molar-refractivity contribution in [2.75, 3.05) is 11.1 Å². The molecule has 0 aliphatic heterocycles. The number of hydrogen-bond donors (Lipinski definition) is 2. The minimum absolute atomic E-state index is 0.616. The molecule has 0 bridgehead atoms. The average Bonchev–Trinajstić information content (AvgIpc) is 3.13. The molecule has 2 fully saturated rings. The van der Waals surface area contributed by atoms with Crippen LogP contribution in [0, 0.1) is 5.92 Å². The van der Waals surface area contributed by atoms with Crippen molar-refractivity contribution in [2.24, 2.45) is 5.92 Å². The highest BCUT2D eigenvalue weighted by Crippen LogP contribution is 2.48. The van der Waals surface area contributed by atoms with Gasteiger partial charge in [0, 0.05) is 11.6 Å². The quantitative estimate of drug-likeness (QED) is 0.813. The molecule has 2 saturated carbocycles. The lowest BCUT2D eigenvalue weighted by atomic mass is 9.97. The van der Waals surface area contributed by atoms with Gasteiger partial charge in [0.2, 0.25) is 0 Å². The van der Waals surface area contributed by atoms with Crippen LogP contribution in [0.3, 0.4) is 0 Å². The second-order valence-electron chi connectivity index (χ2n) is 5.95. The van der Waals surface area contributed by atoms with Crippen LogP contribution in [0.2, 0.25) is 0 Å². The van der Waals surface area contributed by atoms with E-state index in [0.29, 0.717) is 12.0 Å². The highest BCUT2D eigenvalue weighted by Gasteiger charge is 2.31. The fraction of sp³-hybridized carbons (Fsp3) is 0.786. The van der Waals surface area contributed by atoms with Crippen LogP contribution in [-0.4, -0.2) is 10.4 Å². The second-order valence-corrected chi connectivity index (χ2v) is 6.72. The Hall–Kier alpha value is -0.770. The van der Waals surface area contributed by atoms with Gasteiger partial charge in [-0.25, -0.2) is 0 Å². The second kappa shape index (κ2) is 5.08. The number of nitrogen functional groups attached to an aromatic ring is 1. The summed E-state index contributed by atoms with van der Waals surface area (Å²) in [6.07, 6.45) is 9.36. The van der Waals surface area contributed by atoms with Gasteiger partial charge in [-0.2, -0.15) is 4.37 Å². The van der Waals surface area contributed by atoms with Gasteiger partial charge in [0.25, 0.3) is 0 Å². The maximum Gasteiger partial charge on any atom is 0.142 e. The third-order valence-corrected chi connectivity index (χ3v) is 5.23. The summed E-state index contributed by atoms with van der Waals surface area (Å²) in [4.78, 5) is 0. The smallest absolute Gasteiger partial charge is 0.142 e. The van der Waals surface area contributed by atoms with Gasteiger partial charge < -0.3 is 11.1 Å². The van der Waals surface area contributed by atoms with Gasteiger partial charge in [0.15, 0.2) is 0 Å². The first kappa shape index (κ1) is 12.3. The molecule has 0 aromatic carbocycles. The maximum absolute atomic E-state index is 6.01. The summed E-state index contributed by atoms with van der Waals surface area (Å²) in [5, 5.41) is 5.02. The van der Waals surface area contributed by atoms with Crippen LogP contribution < -0.4 is 11.1 Å². The number of nitrogens with one attached hydrogen (secondary N) is 1. The van der Waals surface area contributed by atoms with Crippen molar-refractivity contribution in [1.82, 2.24) is 4.37 Å². The van der Waals surface area contributed by atoms with Gasteiger partial charge in [-0.3, -0.25) is 0 Å². The lowest BCUT2D eigenvalue weighted by Crippen LogP contribution is -2.26. The Morgan fingerprint density at radius 3 is 2.72 bits per heavy atom. The van der Waals surface area contributed by atoms with Gasteiger partial charge >= 0.3 is 0 Å². The highest BCUT2D eigenvalue weighted by molar-refractivity contribution is 7.10. The Bertz CT molecular complexity index is 411. The summed E-state index contributed by atoms with van der Waals surface area (Å²) in [6.45, 7) is 2.38.